The van der Waals surface area contributed by atoms with Crippen molar-refractivity contribution in [3.63, 3.8) is 0 Å². The third-order valence-electron chi connectivity index (χ3n) is 3.10. The second-order valence-electron chi connectivity index (χ2n) is 4.32. The van der Waals surface area contributed by atoms with Crippen LogP contribution in [-0.4, -0.2) is 17.3 Å². The van der Waals surface area contributed by atoms with Crippen LogP contribution in [0.5, 0.6) is 5.75 Å². The molecule has 0 atom stereocenters. The summed E-state index contributed by atoms with van der Waals surface area (Å²) in [6.45, 7) is 5.76. The van der Waals surface area contributed by atoms with E-state index in [0.29, 0.717) is 16.4 Å². The van der Waals surface area contributed by atoms with Crippen LogP contribution in [-0.2, 0) is 0 Å². The van der Waals surface area contributed by atoms with Crippen molar-refractivity contribution in [1.82, 2.24) is 10.2 Å². The summed E-state index contributed by atoms with van der Waals surface area (Å²) in [6, 6.07) is 1.90. The summed E-state index contributed by atoms with van der Waals surface area (Å²) in [5.74, 6) is 0.729. The number of hydrogen-bond acceptors (Lipinski definition) is 3. The molecule has 0 fully saturated rings. The van der Waals surface area contributed by atoms with Crippen LogP contribution in [0, 0.1) is 20.8 Å². The summed E-state index contributed by atoms with van der Waals surface area (Å²) in [6.07, 6.45) is 0. The van der Waals surface area contributed by atoms with Gasteiger partial charge in [0.05, 0.1) is 24.1 Å². The van der Waals surface area contributed by atoms with E-state index in [1.807, 2.05) is 26.8 Å². The van der Waals surface area contributed by atoms with Gasteiger partial charge in [-0.1, -0.05) is 11.6 Å². The second-order valence-corrected chi connectivity index (χ2v) is 4.70. The highest BCUT2D eigenvalue weighted by atomic mass is 35.5. The molecule has 18 heavy (non-hydrogen) atoms. The van der Waals surface area contributed by atoms with Gasteiger partial charge in [-0.25, -0.2) is 0 Å². The van der Waals surface area contributed by atoms with Crippen molar-refractivity contribution in [2.24, 2.45) is 0 Å². The molecule has 2 aromatic rings. The van der Waals surface area contributed by atoms with Crippen molar-refractivity contribution in [3.05, 3.63) is 27.9 Å². The molecule has 1 aromatic carbocycles. The number of nitrogens with two attached hydrogens (primary N) is 1. The lowest BCUT2D eigenvalue weighted by molar-refractivity contribution is 0.415. The van der Waals surface area contributed by atoms with Gasteiger partial charge in [0.2, 0.25) is 0 Å². The van der Waals surface area contributed by atoms with E-state index in [4.69, 9.17) is 22.1 Å². The standard InChI is InChI=1S/C13H16ClN3O/c1-6-5-9(18-4)10(7(2)11(6)14)13-12(15)8(3)16-17-13/h5H,15H2,1-4H3,(H,16,17). The average molecular weight is 266 g/mol. The molecule has 0 bridgehead atoms. The monoisotopic (exact) mass is 265 g/mol. The first-order chi connectivity index (χ1) is 8.47. The number of nitrogen functional groups attached to an aromatic ring is 1. The summed E-state index contributed by atoms with van der Waals surface area (Å²) in [4.78, 5) is 0. The van der Waals surface area contributed by atoms with Crippen LogP contribution in [0.2, 0.25) is 5.02 Å². The van der Waals surface area contributed by atoms with Gasteiger partial charge in [-0.3, -0.25) is 5.10 Å². The summed E-state index contributed by atoms with van der Waals surface area (Å²) < 4.78 is 5.41. The van der Waals surface area contributed by atoms with Crippen LogP contribution in [0.4, 0.5) is 5.69 Å². The van der Waals surface area contributed by atoms with Crippen LogP contribution in [0.3, 0.4) is 0 Å². The summed E-state index contributed by atoms with van der Waals surface area (Å²) in [7, 11) is 1.63. The van der Waals surface area contributed by atoms with Crippen molar-refractivity contribution in [3.8, 4) is 17.0 Å². The van der Waals surface area contributed by atoms with Crippen molar-refractivity contribution in [1.29, 1.82) is 0 Å². The number of aryl methyl sites for hydroxylation is 2. The fraction of sp³-hybridized carbons (Fsp3) is 0.308. The molecule has 0 unspecified atom stereocenters. The van der Waals surface area contributed by atoms with E-state index in [-0.39, 0.29) is 0 Å². The average Bonchev–Trinajstić information content (AvgIpc) is 2.67. The van der Waals surface area contributed by atoms with Crippen molar-refractivity contribution in [2.45, 2.75) is 20.8 Å². The fourth-order valence-electron chi connectivity index (χ4n) is 2.01. The Bertz CT molecular complexity index is 605. The Labute approximate surface area is 111 Å². The van der Waals surface area contributed by atoms with Crippen LogP contribution >= 0.6 is 11.6 Å². The van der Waals surface area contributed by atoms with Gasteiger partial charge in [-0.05, 0) is 38.0 Å². The first-order valence-corrected chi connectivity index (χ1v) is 5.99. The van der Waals surface area contributed by atoms with Gasteiger partial charge in [0.15, 0.2) is 0 Å². The first kappa shape index (κ1) is 12.8. The topological polar surface area (TPSA) is 63.9 Å². The Morgan fingerprint density at radius 2 is 2.00 bits per heavy atom. The van der Waals surface area contributed by atoms with Crippen LogP contribution in [0.1, 0.15) is 16.8 Å². The highest BCUT2D eigenvalue weighted by Gasteiger charge is 2.19. The smallest absolute Gasteiger partial charge is 0.129 e. The van der Waals surface area contributed by atoms with Gasteiger partial charge in [-0.15, -0.1) is 0 Å². The van der Waals surface area contributed by atoms with E-state index in [0.717, 1.165) is 28.1 Å². The zero-order valence-corrected chi connectivity index (χ0v) is 11.6. The molecular weight excluding hydrogens is 250 g/mol. The fourth-order valence-corrected chi connectivity index (χ4v) is 2.16. The van der Waals surface area contributed by atoms with Gasteiger partial charge < -0.3 is 10.5 Å². The Kier molecular flexibility index (Phi) is 3.22. The lowest BCUT2D eigenvalue weighted by Gasteiger charge is -2.14. The van der Waals surface area contributed by atoms with Crippen LogP contribution < -0.4 is 10.5 Å². The van der Waals surface area contributed by atoms with Gasteiger partial charge >= 0.3 is 0 Å². The predicted molar refractivity (Wildman–Crippen MR) is 74.2 cm³/mol. The molecule has 3 N–H and O–H groups in total. The third-order valence-corrected chi connectivity index (χ3v) is 3.68. The molecule has 0 aliphatic heterocycles. The van der Waals surface area contributed by atoms with E-state index in [1.165, 1.54) is 0 Å². The van der Waals surface area contributed by atoms with E-state index in [2.05, 4.69) is 10.2 Å². The lowest BCUT2D eigenvalue weighted by Crippen LogP contribution is -1.97. The number of rotatable bonds is 2. The normalized spacial score (nSPS) is 10.7. The number of H-pyrrole nitrogens is 1. The molecule has 5 heteroatoms. The van der Waals surface area contributed by atoms with E-state index in [9.17, 15) is 0 Å². The van der Waals surface area contributed by atoms with E-state index in [1.54, 1.807) is 7.11 Å². The Hall–Kier alpha value is -1.68. The van der Waals surface area contributed by atoms with E-state index < -0.39 is 0 Å². The number of aromatic amines is 1. The maximum absolute atomic E-state index is 6.29. The number of anilines is 1. The molecule has 0 amide bonds. The third kappa shape index (κ3) is 1.82. The Morgan fingerprint density at radius 1 is 1.33 bits per heavy atom. The number of hydrogen-bond donors (Lipinski definition) is 2. The minimum Gasteiger partial charge on any atom is -0.496 e. The zero-order chi connectivity index (χ0) is 13.4. The number of aromatic nitrogens is 2. The maximum atomic E-state index is 6.29. The molecule has 1 heterocycles. The number of nitrogens with one attached hydrogen (secondary N) is 1. The molecule has 2 rings (SSSR count). The molecule has 0 aliphatic rings. The van der Waals surface area contributed by atoms with Crippen molar-refractivity contribution >= 4 is 17.3 Å². The molecule has 1 aromatic heterocycles. The quantitative estimate of drug-likeness (QED) is 0.876. The van der Waals surface area contributed by atoms with Gasteiger partial charge in [-0.2, -0.15) is 5.10 Å². The molecule has 4 nitrogen and oxygen atoms in total. The highest BCUT2D eigenvalue weighted by molar-refractivity contribution is 6.32. The minimum absolute atomic E-state index is 0.622. The van der Waals surface area contributed by atoms with E-state index >= 15 is 0 Å². The van der Waals surface area contributed by atoms with Gasteiger partial charge in [0.25, 0.3) is 0 Å². The molecule has 0 spiro atoms. The molecule has 0 saturated carbocycles. The summed E-state index contributed by atoms with van der Waals surface area (Å²) in [5.41, 5.74) is 10.9. The SMILES string of the molecule is COc1cc(C)c(Cl)c(C)c1-c1n[nH]c(C)c1N. The Balaban J connectivity index is 2.78. The zero-order valence-electron chi connectivity index (χ0n) is 10.9. The number of halogens is 1. The van der Waals surface area contributed by atoms with Crippen LogP contribution in [0.25, 0.3) is 11.3 Å². The Morgan fingerprint density at radius 3 is 2.50 bits per heavy atom. The molecular formula is C13H16ClN3O. The molecule has 96 valence electrons. The second kappa shape index (κ2) is 4.53. The molecule has 0 radical (unpaired) electrons. The number of nitrogens with zero attached hydrogens (tertiary/aromatic N) is 1. The largest absolute Gasteiger partial charge is 0.496 e. The maximum Gasteiger partial charge on any atom is 0.129 e. The predicted octanol–water partition coefficient (Wildman–Crippen LogP) is 3.25. The number of benzene rings is 1. The molecule has 0 saturated heterocycles. The lowest BCUT2D eigenvalue weighted by atomic mass is 10.0. The number of methoxy groups -OCH3 is 1. The van der Waals surface area contributed by atoms with Gasteiger partial charge in [0.1, 0.15) is 11.4 Å². The highest BCUT2D eigenvalue weighted by Crippen LogP contribution is 2.40. The minimum atomic E-state index is 0.622. The van der Waals surface area contributed by atoms with Crippen molar-refractivity contribution < 1.29 is 4.74 Å². The first-order valence-electron chi connectivity index (χ1n) is 5.61. The van der Waals surface area contributed by atoms with Gasteiger partial charge in [0, 0.05) is 5.02 Å². The van der Waals surface area contributed by atoms with Crippen LogP contribution in [0.15, 0.2) is 6.07 Å². The number of ether oxygens (including phenoxy) is 1. The summed E-state index contributed by atoms with van der Waals surface area (Å²) in [5, 5.41) is 7.83. The van der Waals surface area contributed by atoms with Crippen molar-refractivity contribution in [2.75, 3.05) is 12.8 Å². The molecule has 0 aliphatic carbocycles. The summed E-state index contributed by atoms with van der Waals surface area (Å²) >= 11 is 6.29.